The second kappa shape index (κ2) is 5.15. The van der Waals surface area contributed by atoms with Crippen LogP contribution in [0.2, 0.25) is 0 Å². The van der Waals surface area contributed by atoms with E-state index in [0.29, 0.717) is 6.04 Å². The van der Waals surface area contributed by atoms with Crippen molar-refractivity contribution in [2.24, 2.45) is 5.92 Å². The number of nitrogens with zero attached hydrogens (tertiary/aromatic N) is 3. The average Bonchev–Trinajstić information content (AvgIpc) is 2.47. The lowest BCUT2D eigenvalue weighted by Crippen LogP contribution is -2.47. The molecule has 1 saturated heterocycles. The van der Waals surface area contributed by atoms with Gasteiger partial charge in [-0.3, -0.25) is 0 Å². The van der Waals surface area contributed by atoms with Crippen molar-refractivity contribution in [1.29, 1.82) is 0 Å². The van der Waals surface area contributed by atoms with Crippen LogP contribution in [0.15, 0.2) is 12.4 Å². The summed E-state index contributed by atoms with van der Waals surface area (Å²) >= 11 is 0. The molecular weight excluding hydrogens is 242 g/mol. The van der Waals surface area contributed by atoms with E-state index in [1.165, 1.54) is 44.7 Å². The molecule has 0 spiro atoms. The second-order valence-corrected chi connectivity index (χ2v) is 5.51. The molecule has 1 aromatic rings. The van der Waals surface area contributed by atoms with Gasteiger partial charge in [0.2, 0.25) is 0 Å². The van der Waals surface area contributed by atoms with Crippen molar-refractivity contribution in [1.82, 2.24) is 9.97 Å². The van der Waals surface area contributed by atoms with Crippen LogP contribution >= 0.6 is 0 Å². The van der Waals surface area contributed by atoms with Crippen LogP contribution in [-0.2, 0) is 0 Å². The van der Waals surface area contributed by atoms with Gasteiger partial charge in [0.15, 0.2) is 5.69 Å². The fourth-order valence-electron chi connectivity index (χ4n) is 3.49. The van der Waals surface area contributed by atoms with Crippen molar-refractivity contribution in [3.8, 4) is 0 Å². The van der Waals surface area contributed by atoms with E-state index in [0.717, 1.165) is 18.3 Å². The average molecular weight is 261 g/mol. The second-order valence-electron chi connectivity index (χ2n) is 5.51. The van der Waals surface area contributed by atoms with Gasteiger partial charge in [-0.1, -0.05) is 12.8 Å². The molecule has 3 rings (SSSR count). The standard InChI is InChI=1S/C14H19N3O2/c18-14(19)11-8-16-13(9-15-11)17-7-3-5-10-4-1-2-6-12(10)17/h8-10,12H,1-7H2,(H,18,19)/t10-,12-/m1/s1. The minimum Gasteiger partial charge on any atom is -0.476 e. The summed E-state index contributed by atoms with van der Waals surface area (Å²) in [5.74, 6) is 0.596. The van der Waals surface area contributed by atoms with Crippen LogP contribution in [0.25, 0.3) is 0 Å². The molecule has 0 radical (unpaired) electrons. The number of fused-ring (bicyclic) bond motifs is 1. The molecule has 2 atom stereocenters. The van der Waals surface area contributed by atoms with E-state index in [2.05, 4.69) is 14.9 Å². The van der Waals surface area contributed by atoms with Crippen LogP contribution < -0.4 is 4.90 Å². The number of carboxylic acids is 1. The number of aromatic carboxylic acids is 1. The molecular formula is C14H19N3O2. The van der Waals surface area contributed by atoms with Gasteiger partial charge in [-0.15, -0.1) is 0 Å². The van der Waals surface area contributed by atoms with Crippen LogP contribution in [0.4, 0.5) is 5.82 Å². The maximum Gasteiger partial charge on any atom is 0.356 e. The third kappa shape index (κ3) is 2.41. The predicted octanol–water partition coefficient (Wildman–Crippen LogP) is 2.33. The normalized spacial score (nSPS) is 26.8. The quantitative estimate of drug-likeness (QED) is 0.885. The molecule has 5 heteroatoms. The molecule has 0 bridgehead atoms. The molecule has 1 aliphatic heterocycles. The van der Waals surface area contributed by atoms with Gasteiger partial charge in [-0.2, -0.15) is 0 Å². The number of carboxylic acid groups (broad SMARTS) is 1. The van der Waals surface area contributed by atoms with Gasteiger partial charge in [0.25, 0.3) is 0 Å². The molecule has 1 saturated carbocycles. The number of aromatic nitrogens is 2. The Kier molecular flexibility index (Phi) is 3.36. The van der Waals surface area contributed by atoms with Crippen molar-refractivity contribution >= 4 is 11.8 Å². The van der Waals surface area contributed by atoms with Crippen molar-refractivity contribution in [2.75, 3.05) is 11.4 Å². The first-order valence-corrected chi connectivity index (χ1v) is 7.07. The lowest BCUT2D eigenvalue weighted by atomic mass is 9.78. The van der Waals surface area contributed by atoms with E-state index in [-0.39, 0.29) is 5.69 Å². The molecule has 0 amide bonds. The fraction of sp³-hybridized carbons (Fsp3) is 0.643. The van der Waals surface area contributed by atoms with Gasteiger partial charge < -0.3 is 10.0 Å². The highest BCUT2D eigenvalue weighted by molar-refractivity contribution is 5.84. The maximum absolute atomic E-state index is 10.8. The van der Waals surface area contributed by atoms with Gasteiger partial charge in [0, 0.05) is 12.6 Å². The Bertz CT molecular complexity index is 458. The number of piperidine rings is 1. The molecule has 2 aliphatic rings. The minimum absolute atomic E-state index is 0.0148. The van der Waals surface area contributed by atoms with Crippen molar-refractivity contribution in [3.63, 3.8) is 0 Å². The first kappa shape index (κ1) is 12.4. The summed E-state index contributed by atoms with van der Waals surface area (Å²) in [6.45, 7) is 1.02. The zero-order valence-corrected chi connectivity index (χ0v) is 11.0. The van der Waals surface area contributed by atoms with Crippen LogP contribution in [0, 0.1) is 5.92 Å². The van der Waals surface area contributed by atoms with Crippen LogP contribution in [0.1, 0.15) is 49.0 Å². The number of rotatable bonds is 2. The summed E-state index contributed by atoms with van der Waals surface area (Å²) in [5.41, 5.74) is 0.0148. The Morgan fingerprint density at radius 1 is 1.16 bits per heavy atom. The molecule has 19 heavy (non-hydrogen) atoms. The molecule has 0 aromatic carbocycles. The lowest BCUT2D eigenvalue weighted by molar-refractivity contribution is 0.0690. The van der Waals surface area contributed by atoms with E-state index in [9.17, 15) is 4.79 Å². The summed E-state index contributed by atoms with van der Waals surface area (Å²) in [5, 5.41) is 8.86. The Balaban J connectivity index is 1.81. The van der Waals surface area contributed by atoms with E-state index in [4.69, 9.17) is 5.11 Å². The van der Waals surface area contributed by atoms with Crippen LogP contribution in [-0.4, -0.2) is 33.6 Å². The summed E-state index contributed by atoms with van der Waals surface area (Å²) in [6.07, 6.45) is 10.7. The monoisotopic (exact) mass is 261 g/mol. The molecule has 1 N–H and O–H groups in total. The number of carbonyl (C=O) groups is 1. The van der Waals surface area contributed by atoms with E-state index in [1.807, 2.05) is 0 Å². The SMILES string of the molecule is O=C(O)c1cnc(N2CCC[C@H]3CCCC[C@H]32)cn1. The summed E-state index contributed by atoms with van der Waals surface area (Å²) in [7, 11) is 0. The van der Waals surface area contributed by atoms with Crippen molar-refractivity contribution < 1.29 is 9.90 Å². The Hall–Kier alpha value is -1.65. The van der Waals surface area contributed by atoms with Gasteiger partial charge in [-0.05, 0) is 31.6 Å². The van der Waals surface area contributed by atoms with E-state index < -0.39 is 5.97 Å². The lowest BCUT2D eigenvalue weighted by Gasteiger charge is -2.44. The molecule has 2 fully saturated rings. The molecule has 102 valence electrons. The van der Waals surface area contributed by atoms with Gasteiger partial charge >= 0.3 is 5.97 Å². The highest BCUT2D eigenvalue weighted by atomic mass is 16.4. The molecule has 0 unspecified atom stereocenters. The topological polar surface area (TPSA) is 66.3 Å². The summed E-state index contributed by atoms with van der Waals surface area (Å²) in [4.78, 5) is 21.4. The predicted molar refractivity (Wildman–Crippen MR) is 71.3 cm³/mol. The van der Waals surface area contributed by atoms with Crippen LogP contribution in [0.3, 0.4) is 0 Å². The van der Waals surface area contributed by atoms with Crippen molar-refractivity contribution in [3.05, 3.63) is 18.1 Å². The van der Waals surface area contributed by atoms with Gasteiger partial charge in [0.1, 0.15) is 5.82 Å². The highest BCUT2D eigenvalue weighted by Gasteiger charge is 2.33. The van der Waals surface area contributed by atoms with Crippen LogP contribution in [0.5, 0.6) is 0 Å². The largest absolute Gasteiger partial charge is 0.476 e. The minimum atomic E-state index is -1.02. The smallest absolute Gasteiger partial charge is 0.356 e. The third-order valence-electron chi connectivity index (χ3n) is 4.39. The van der Waals surface area contributed by atoms with Crippen molar-refractivity contribution in [2.45, 2.75) is 44.6 Å². The molecule has 1 aliphatic carbocycles. The zero-order valence-electron chi connectivity index (χ0n) is 11.0. The van der Waals surface area contributed by atoms with E-state index >= 15 is 0 Å². The Labute approximate surface area is 112 Å². The van der Waals surface area contributed by atoms with E-state index in [1.54, 1.807) is 6.20 Å². The number of anilines is 1. The first-order valence-electron chi connectivity index (χ1n) is 7.07. The zero-order chi connectivity index (χ0) is 13.2. The number of hydrogen-bond acceptors (Lipinski definition) is 4. The fourth-order valence-corrected chi connectivity index (χ4v) is 3.49. The molecule has 2 heterocycles. The summed E-state index contributed by atoms with van der Waals surface area (Å²) < 4.78 is 0. The third-order valence-corrected chi connectivity index (χ3v) is 4.39. The van der Waals surface area contributed by atoms with Gasteiger partial charge in [-0.25, -0.2) is 14.8 Å². The highest BCUT2D eigenvalue weighted by Crippen LogP contribution is 2.36. The Morgan fingerprint density at radius 3 is 2.68 bits per heavy atom. The van der Waals surface area contributed by atoms with Gasteiger partial charge in [0.05, 0.1) is 12.4 Å². The summed E-state index contributed by atoms with van der Waals surface area (Å²) in [6, 6.07) is 0.576. The molecule has 1 aromatic heterocycles. The maximum atomic E-state index is 10.8. The number of hydrogen-bond donors (Lipinski definition) is 1. The molecule has 5 nitrogen and oxygen atoms in total. The first-order chi connectivity index (χ1) is 9.25. The Morgan fingerprint density at radius 2 is 1.95 bits per heavy atom.